The highest BCUT2D eigenvalue weighted by atomic mass is 16.2. The van der Waals surface area contributed by atoms with Gasteiger partial charge in [-0.05, 0) is 49.7 Å². The highest BCUT2D eigenvalue weighted by molar-refractivity contribution is 6.09. The Morgan fingerprint density at radius 3 is 2.78 bits per heavy atom. The molecule has 0 radical (unpaired) electrons. The highest BCUT2D eigenvalue weighted by Crippen LogP contribution is 2.33. The number of aryl methyl sites for hydroxylation is 1. The first kappa shape index (κ1) is 18.0. The third kappa shape index (κ3) is 3.11. The number of amides is 4. The summed E-state index contributed by atoms with van der Waals surface area (Å²) >= 11 is 0. The van der Waals surface area contributed by atoms with Crippen LogP contribution in [0.3, 0.4) is 0 Å². The molecule has 2 aliphatic heterocycles. The van der Waals surface area contributed by atoms with Gasteiger partial charge in [0.05, 0.1) is 0 Å². The van der Waals surface area contributed by atoms with Crippen LogP contribution in [-0.2, 0) is 22.4 Å². The molecule has 1 spiro atoms. The molecule has 144 valence electrons. The Bertz CT molecular complexity index is 778. The summed E-state index contributed by atoms with van der Waals surface area (Å²) in [6, 6.07) is 7.84. The molecule has 0 aromatic heterocycles. The Labute approximate surface area is 159 Å². The number of nitrogens with zero attached hydrogens (tertiary/aromatic N) is 2. The van der Waals surface area contributed by atoms with Gasteiger partial charge in [-0.25, -0.2) is 4.79 Å². The molecule has 4 rings (SSSR count). The van der Waals surface area contributed by atoms with Crippen molar-refractivity contribution in [1.29, 1.82) is 0 Å². The van der Waals surface area contributed by atoms with Crippen LogP contribution in [0.1, 0.15) is 50.2 Å². The molecule has 27 heavy (non-hydrogen) atoms. The summed E-state index contributed by atoms with van der Waals surface area (Å²) < 4.78 is 0. The lowest BCUT2D eigenvalue weighted by molar-refractivity contribution is -0.141. The molecule has 2 heterocycles. The molecule has 2 atom stereocenters. The lowest BCUT2D eigenvalue weighted by atomic mass is 9.78. The van der Waals surface area contributed by atoms with Gasteiger partial charge in [-0.2, -0.15) is 0 Å². The Hall–Kier alpha value is -2.37. The van der Waals surface area contributed by atoms with E-state index >= 15 is 0 Å². The largest absolute Gasteiger partial charge is 0.338 e. The van der Waals surface area contributed by atoms with Crippen molar-refractivity contribution in [2.24, 2.45) is 0 Å². The maximum atomic E-state index is 13.1. The number of likely N-dealkylation sites (tertiary alicyclic amines) is 1. The molecule has 0 saturated carbocycles. The first-order chi connectivity index (χ1) is 13.0. The highest BCUT2D eigenvalue weighted by Gasteiger charge is 2.52. The molecule has 2 unspecified atom stereocenters. The number of fused-ring (bicyclic) bond motifs is 1. The van der Waals surface area contributed by atoms with E-state index in [0.29, 0.717) is 12.8 Å². The fourth-order valence-electron chi connectivity index (χ4n) is 4.82. The van der Waals surface area contributed by atoms with Crippen molar-refractivity contribution in [3.63, 3.8) is 0 Å². The molecule has 1 N–H and O–H groups in total. The Morgan fingerprint density at radius 1 is 1.22 bits per heavy atom. The average Bonchev–Trinajstić information content (AvgIpc) is 2.91. The van der Waals surface area contributed by atoms with Crippen molar-refractivity contribution in [3.8, 4) is 0 Å². The number of carbonyl (C=O) groups excluding carboxylic acids is 3. The second kappa shape index (κ2) is 6.98. The van der Waals surface area contributed by atoms with Crippen molar-refractivity contribution in [2.45, 2.75) is 63.5 Å². The first-order valence-corrected chi connectivity index (χ1v) is 10.0. The summed E-state index contributed by atoms with van der Waals surface area (Å²) in [5.41, 5.74) is 1.45. The van der Waals surface area contributed by atoms with Crippen LogP contribution in [0.15, 0.2) is 24.3 Å². The van der Waals surface area contributed by atoms with Crippen molar-refractivity contribution in [3.05, 3.63) is 35.4 Å². The van der Waals surface area contributed by atoms with Gasteiger partial charge in [-0.3, -0.25) is 14.5 Å². The lowest BCUT2D eigenvalue weighted by Crippen LogP contribution is -2.52. The molecule has 6 nitrogen and oxygen atoms in total. The zero-order valence-electron chi connectivity index (χ0n) is 15.9. The number of hydrogen-bond donors (Lipinski definition) is 1. The predicted octanol–water partition coefficient (Wildman–Crippen LogP) is 2.26. The average molecular weight is 369 g/mol. The number of piperidine rings is 1. The fourth-order valence-corrected chi connectivity index (χ4v) is 4.82. The van der Waals surface area contributed by atoms with Crippen LogP contribution in [0.5, 0.6) is 0 Å². The van der Waals surface area contributed by atoms with E-state index in [0.717, 1.165) is 49.1 Å². The third-order valence-electron chi connectivity index (χ3n) is 6.39. The maximum absolute atomic E-state index is 13.1. The normalized spacial score (nSPS) is 27.7. The predicted molar refractivity (Wildman–Crippen MR) is 101 cm³/mol. The maximum Gasteiger partial charge on any atom is 0.325 e. The topological polar surface area (TPSA) is 69.7 Å². The van der Waals surface area contributed by atoms with Crippen molar-refractivity contribution in [2.75, 3.05) is 13.1 Å². The monoisotopic (exact) mass is 369 g/mol. The number of rotatable bonds is 3. The van der Waals surface area contributed by atoms with Crippen LogP contribution in [0.25, 0.3) is 0 Å². The number of hydrogen-bond acceptors (Lipinski definition) is 3. The molecule has 1 aromatic rings. The third-order valence-corrected chi connectivity index (χ3v) is 6.39. The smallest absolute Gasteiger partial charge is 0.325 e. The summed E-state index contributed by atoms with van der Waals surface area (Å²) in [5.74, 6) is -0.362. The van der Waals surface area contributed by atoms with E-state index in [1.54, 1.807) is 0 Å². The van der Waals surface area contributed by atoms with E-state index in [4.69, 9.17) is 0 Å². The molecule has 1 aromatic carbocycles. The number of urea groups is 1. The fraction of sp³-hybridized carbons (Fsp3) is 0.571. The van der Waals surface area contributed by atoms with E-state index in [-0.39, 0.29) is 24.4 Å². The summed E-state index contributed by atoms with van der Waals surface area (Å²) in [5, 5.41) is 2.91. The number of nitrogens with one attached hydrogen (secondary N) is 1. The standard InChI is InChI=1S/C21H27N3O3/c1-2-17-9-5-6-12-23(17)18(25)14-24-19(26)21(22-20(24)27)11-10-15-7-3-4-8-16(15)13-21/h3-4,7-8,17H,2,5-6,9-14H2,1H3,(H,22,27). The molecule has 0 bridgehead atoms. The molecule has 3 aliphatic rings. The molecule has 6 heteroatoms. The van der Waals surface area contributed by atoms with Crippen molar-refractivity contribution >= 4 is 17.8 Å². The number of carbonyl (C=O) groups is 3. The minimum absolute atomic E-state index is 0.113. The second-order valence-corrected chi connectivity index (χ2v) is 7.99. The number of benzene rings is 1. The van der Waals surface area contributed by atoms with Crippen LogP contribution >= 0.6 is 0 Å². The summed E-state index contributed by atoms with van der Waals surface area (Å²) in [6.45, 7) is 2.66. The lowest BCUT2D eigenvalue weighted by Gasteiger charge is -2.36. The van der Waals surface area contributed by atoms with Crippen LogP contribution < -0.4 is 5.32 Å². The van der Waals surface area contributed by atoms with Gasteiger partial charge < -0.3 is 10.2 Å². The van der Waals surface area contributed by atoms with Gasteiger partial charge in [0, 0.05) is 19.0 Å². The molecule has 1 aliphatic carbocycles. The van der Waals surface area contributed by atoms with E-state index in [1.807, 2.05) is 23.1 Å². The van der Waals surface area contributed by atoms with E-state index in [2.05, 4.69) is 18.3 Å². The molecular formula is C21H27N3O3. The van der Waals surface area contributed by atoms with E-state index < -0.39 is 11.6 Å². The van der Waals surface area contributed by atoms with Crippen molar-refractivity contribution in [1.82, 2.24) is 15.1 Å². The molecule has 2 saturated heterocycles. The van der Waals surface area contributed by atoms with Gasteiger partial charge in [-0.15, -0.1) is 0 Å². The zero-order valence-corrected chi connectivity index (χ0v) is 15.9. The van der Waals surface area contributed by atoms with Gasteiger partial charge in [0.25, 0.3) is 5.91 Å². The summed E-state index contributed by atoms with van der Waals surface area (Å²) in [4.78, 5) is 41.5. The number of imide groups is 1. The second-order valence-electron chi connectivity index (χ2n) is 7.99. The Morgan fingerprint density at radius 2 is 2.00 bits per heavy atom. The molecule has 4 amide bonds. The minimum atomic E-state index is -0.891. The van der Waals surface area contributed by atoms with Gasteiger partial charge in [0.15, 0.2) is 0 Å². The van der Waals surface area contributed by atoms with Gasteiger partial charge in [0.2, 0.25) is 5.91 Å². The molecular weight excluding hydrogens is 342 g/mol. The van der Waals surface area contributed by atoms with E-state index in [9.17, 15) is 14.4 Å². The quantitative estimate of drug-likeness (QED) is 0.831. The zero-order chi connectivity index (χ0) is 19.0. The van der Waals surface area contributed by atoms with Gasteiger partial charge in [-0.1, -0.05) is 31.2 Å². The Balaban J connectivity index is 1.50. The van der Waals surface area contributed by atoms with Crippen LogP contribution in [0, 0.1) is 0 Å². The van der Waals surface area contributed by atoms with Crippen LogP contribution in [0.2, 0.25) is 0 Å². The molecule has 2 fully saturated rings. The summed E-state index contributed by atoms with van der Waals surface area (Å²) in [7, 11) is 0. The van der Waals surface area contributed by atoms with Gasteiger partial charge in [0.1, 0.15) is 12.1 Å². The first-order valence-electron chi connectivity index (χ1n) is 10.0. The van der Waals surface area contributed by atoms with Crippen LogP contribution in [0.4, 0.5) is 4.79 Å². The SMILES string of the molecule is CCC1CCCCN1C(=O)CN1C(=O)NC2(CCc3ccccc3C2)C1=O. The van der Waals surface area contributed by atoms with Crippen molar-refractivity contribution < 1.29 is 14.4 Å². The van der Waals surface area contributed by atoms with Crippen LogP contribution in [-0.4, -0.2) is 52.3 Å². The van der Waals surface area contributed by atoms with Gasteiger partial charge >= 0.3 is 6.03 Å². The minimum Gasteiger partial charge on any atom is -0.338 e. The Kier molecular flexibility index (Phi) is 4.66. The summed E-state index contributed by atoms with van der Waals surface area (Å²) in [6.07, 6.45) is 5.88. The van der Waals surface area contributed by atoms with E-state index in [1.165, 1.54) is 5.56 Å².